The molecule has 0 saturated carbocycles. The molecule has 6 nitrogen and oxygen atoms in total. The Kier molecular flexibility index (Phi) is 5.80. The Balaban J connectivity index is 1.62. The molecule has 1 aromatic heterocycles. The number of thioether (sulfide) groups is 1. The topological polar surface area (TPSA) is 77.2 Å². The average molecular weight is 390 g/mol. The number of ether oxygens (including phenoxy) is 1. The Bertz CT molecular complexity index is 899. The molecular weight excluding hydrogens is 374 g/mol. The van der Waals surface area contributed by atoms with Crippen LogP contribution in [-0.4, -0.2) is 28.5 Å². The van der Waals surface area contributed by atoms with Crippen LogP contribution in [0.1, 0.15) is 6.92 Å². The molecule has 8 heteroatoms. The van der Waals surface area contributed by atoms with Crippen LogP contribution in [0.25, 0.3) is 11.5 Å². The Morgan fingerprint density at radius 3 is 2.69 bits per heavy atom. The predicted molar refractivity (Wildman–Crippen MR) is 102 cm³/mol. The first-order valence-corrected chi connectivity index (χ1v) is 9.02. The summed E-state index contributed by atoms with van der Waals surface area (Å²) in [6.07, 6.45) is 0. The van der Waals surface area contributed by atoms with E-state index in [2.05, 4.69) is 15.5 Å². The molecule has 0 aliphatic carbocycles. The van der Waals surface area contributed by atoms with E-state index in [4.69, 9.17) is 20.8 Å². The van der Waals surface area contributed by atoms with Gasteiger partial charge in [-0.3, -0.25) is 4.79 Å². The third-order valence-electron chi connectivity index (χ3n) is 3.48. The van der Waals surface area contributed by atoms with Gasteiger partial charge in [-0.2, -0.15) is 0 Å². The van der Waals surface area contributed by atoms with Crippen molar-refractivity contribution in [3.63, 3.8) is 0 Å². The van der Waals surface area contributed by atoms with Crippen LogP contribution in [0.5, 0.6) is 5.75 Å². The summed E-state index contributed by atoms with van der Waals surface area (Å²) >= 11 is 7.16. The molecule has 134 valence electrons. The standard InChI is InChI=1S/C18H16ClN3O3S/c1-11(16(23)20-14-6-8-15(24-2)9-7-14)26-18-22-21-17(25-18)12-4-3-5-13(19)10-12/h3-11H,1-2H3,(H,20,23)/t11-/m0/s1. The minimum absolute atomic E-state index is 0.164. The minimum atomic E-state index is -0.412. The lowest BCUT2D eigenvalue weighted by Gasteiger charge is -2.10. The van der Waals surface area contributed by atoms with Crippen LogP contribution in [0.2, 0.25) is 5.02 Å². The van der Waals surface area contributed by atoms with Gasteiger partial charge < -0.3 is 14.5 Å². The van der Waals surface area contributed by atoms with Gasteiger partial charge >= 0.3 is 0 Å². The molecule has 26 heavy (non-hydrogen) atoms. The molecule has 1 N–H and O–H groups in total. The molecule has 0 bridgehead atoms. The number of amides is 1. The van der Waals surface area contributed by atoms with E-state index in [1.165, 1.54) is 11.8 Å². The normalized spacial score (nSPS) is 11.8. The Hall–Kier alpha value is -2.51. The molecule has 0 spiro atoms. The summed E-state index contributed by atoms with van der Waals surface area (Å²) in [6.45, 7) is 1.77. The van der Waals surface area contributed by atoms with Crippen LogP contribution < -0.4 is 10.1 Å². The van der Waals surface area contributed by atoms with Crippen LogP contribution in [0.3, 0.4) is 0 Å². The van der Waals surface area contributed by atoms with E-state index in [0.717, 1.165) is 11.3 Å². The van der Waals surface area contributed by atoms with Crippen LogP contribution in [-0.2, 0) is 4.79 Å². The second-order valence-electron chi connectivity index (χ2n) is 5.36. The zero-order valence-electron chi connectivity index (χ0n) is 14.1. The van der Waals surface area contributed by atoms with Crippen molar-refractivity contribution in [1.82, 2.24) is 10.2 Å². The van der Waals surface area contributed by atoms with Crippen molar-refractivity contribution in [1.29, 1.82) is 0 Å². The summed E-state index contributed by atoms with van der Waals surface area (Å²) in [5.74, 6) is 0.922. The number of benzene rings is 2. The van der Waals surface area contributed by atoms with E-state index in [0.29, 0.717) is 21.8 Å². The number of carbonyl (C=O) groups is 1. The van der Waals surface area contributed by atoms with Crippen molar-refractivity contribution in [2.45, 2.75) is 17.4 Å². The van der Waals surface area contributed by atoms with E-state index in [1.807, 2.05) is 6.07 Å². The lowest BCUT2D eigenvalue weighted by atomic mass is 10.2. The molecule has 1 amide bonds. The van der Waals surface area contributed by atoms with Crippen LogP contribution in [0.4, 0.5) is 5.69 Å². The van der Waals surface area contributed by atoms with Crippen LogP contribution in [0.15, 0.2) is 58.2 Å². The van der Waals surface area contributed by atoms with Crippen molar-refractivity contribution < 1.29 is 13.9 Å². The Labute approximate surface area is 159 Å². The third-order valence-corrected chi connectivity index (χ3v) is 4.65. The van der Waals surface area contributed by atoms with E-state index >= 15 is 0 Å². The van der Waals surface area contributed by atoms with Gasteiger partial charge in [-0.15, -0.1) is 10.2 Å². The second-order valence-corrected chi connectivity index (χ2v) is 7.09. The van der Waals surface area contributed by atoms with Gasteiger partial charge in [0.25, 0.3) is 5.22 Å². The molecule has 3 rings (SSSR count). The first-order chi connectivity index (χ1) is 12.5. The molecule has 0 aliphatic rings. The van der Waals surface area contributed by atoms with E-state index in [9.17, 15) is 4.79 Å². The zero-order chi connectivity index (χ0) is 18.5. The number of rotatable bonds is 6. The monoisotopic (exact) mass is 389 g/mol. The highest BCUT2D eigenvalue weighted by Crippen LogP contribution is 2.28. The largest absolute Gasteiger partial charge is 0.497 e. The highest BCUT2D eigenvalue weighted by molar-refractivity contribution is 8.00. The molecule has 2 aromatic carbocycles. The van der Waals surface area contributed by atoms with Gasteiger partial charge in [0.05, 0.1) is 12.4 Å². The van der Waals surface area contributed by atoms with E-state index in [-0.39, 0.29) is 5.91 Å². The van der Waals surface area contributed by atoms with Gasteiger partial charge in [0.15, 0.2) is 0 Å². The van der Waals surface area contributed by atoms with Gasteiger partial charge in [-0.05, 0) is 49.4 Å². The lowest BCUT2D eigenvalue weighted by molar-refractivity contribution is -0.115. The molecule has 0 radical (unpaired) electrons. The maximum absolute atomic E-state index is 12.3. The predicted octanol–water partition coefficient (Wildman–Crippen LogP) is 4.52. The number of aromatic nitrogens is 2. The average Bonchev–Trinajstić information content (AvgIpc) is 3.11. The summed E-state index contributed by atoms with van der Waals surface area (Å²) in [5.41, 5.74) is 1.42. The van der Waals surface area contributed by atoms with Crippen molar-refractivity contribution in [2.24, 2.45) is 0 Å². The quantitative estimate of drug-likeness (QED) is 0.624. The summed E-state index contributed by atoms with van der Waals surface area (Å²) < 4.78 is 10.7. The molecule has 1 atom stereocenters. The molecule has 0 saturated heterocycles. The summed E-state index contributed by atoms with van der Waals surface area (Å²) in [4.78, 5) is 12.3. The van der Waals surface area contributed by atoms with Gasteiger partial charge in [-0.25, -0.2) is 0 Å². The van der Waals surface area contributed by atoms with Gasteiger partial charge in [0, 0.05) is 16.3 Å². The first kappa shape index (κ1) is 18.3. The molecule has 0 fully saturated rings. The molecule has 1 heterocycles. The number of methoxy groups -OCH3 is 1. The van der Waals surface area contributed by atoms with Gasteiger partial charge in [0.2, 0.25) is 11.8 Å². The Morgan fingerprint density at radius 1 is 1.23 bits per heavy atom. The van der Waals surface area contributed by atoms with Gasteiger partial charge in [-0.1, -0.05) is 29.4 Å². The summed E-state index contributed by atoms with van der Waals surface area (Å²) in [5, 5.41) is 11.3. The fourth-order valence-electron chi connectivity index (χ4n) is 2.12. The van der Waals surface area contributed by atoms with Crippen LogP contribution >= 0.6 is 23.4 Å². The number of hydrogen-bond donors (Lipinski definition) is 1. The smallest absolute Gasteiger partial charge is 0.277 e. The number of halogens is 1. The number of anilines is 1. The number of nitrogens with zero attached hydrogens (tertiary/aromatic N) is 2. The maximum atomic E-state index is 12.3. The van der Waals surface area contributed by atoms with Crippen molar-refractivity contribution >= 4 is 35.0 Å². The highest BCUT2D eigenvalue weighted by atomic mass is 35.5. The maximum Gasteiger partial charge on any atom is 0.277 e. The lowest BCUT2D eigenvalue weighted by Crippen LogP contribution is -2.22. The van der Waals surface area contributed by atoms with E-state index in [1.54, 1.807) is 56.5 Å². The zero-order valence-corrected chi connectivity index (χ0v) is 15.7. The van der Waals surface area contributed by atoms with Crippen molar-refractivity contribution in [3.05, 3.63) is 53.6 Å². The fraction of sp³-hybridized carbons (Fsp3) is 0.167. The molecule has 0 aliphatic heterocycles. The van der Waals surface area contributed by atoms with Crippen LogP contribution in [0, 0.1) is 0 Å². The first-order valence-electron chi connectivity index (χ1n) is 7.76. The number of hydrogen-bond acceptors (Lipinski definition) is 6. The van der Waals surface area contributed by atoms with Crippen molar-refractivity contribution in [2.75, 3.05) is 12.4 Å². The van der Waals surface area contributed by atoms with E-state index < -0.39 is 5.25 Å². The van der Waals surface area contributed by atoms with Crippen molar-refractivity contribution in [3.8, 4) is 17.2 Å². The number of carbonyl (C=O) groups excluding carboxylic acids is 1. The molecular formula is C18H16ClN3O3S. The molecule has 0 unspecified atom stereocenters. The minimum Gasteiger partial charge on any atom is -0.497 e. The Morgan fingerprint density at radius 2 is 2.00 bits per heavy atom. The summed E-state index contributed by atoms with van der Waals surface area (Å²) in [6, 6.07) is 14.3. The number of nitrogens with one attached hydrogen (secondary N) is 1. The highest BCUT2D eigenvalue weighted by Gasteiger charge is 2.19. The SMILES string of the molecule is COc1ccc(NC(=O)[C@H](C)Sc2nnc(-c3cccc(Cl)c3)o2)cc1. The summed E-state index contributed by atoms with van der Waals surface area (Å²) in [7, 11) is 1.59. The third kappa shape index (κ3) is 4.56. The fourth-order valence-corrected chi connectivity index (χ4v) is 2.99. The van der Waals surface area contributed by atoms with Gasteiger partial charge in [0.1, 0.15) is 5.75 Å². The molecule has 3 aromatic rings. The second kappa shape index (κ2) is 8.25.